The van der Waals surface area contributed by atoms with Crippen molar-refractivity contribution in [2.24, 2.45) is 0 Å². The fourth-order valence-corrected chi connectivity index (χ4v) is 3.45. The minimum atomic E-state index is -0.482. The van der Waals surface area contributed by atoms with E-state index in [9.17, 15) is 9.59 Å². The maximum absolute atomic E-state index is 12.1. The fourth-order valence-electron chi connectivity index (χ4n) is 2.87. The molecule has 1 N–H and O–H groups in total. The third-order valence-electron chi connectivity index (χ3n) is 4.04. The normalized spacial score (nSPS) is 12.5. The second-order valence-electron chi connectivity index (χ2n) is 5.66. The molecule has 124 valence electrons. The summed E-state index contributed by atoms with van der Waals surface area (Å²) in [6, 6.07) is 13.2. The molecule has 0 radical (unpaired) electrons. The van der Waals surface area contributed by atoms with Gasteiger partial charge in [-0.25, -0.2) is 4.79 Å². The van der Waals surface area contributed by atoms with E-state index in [0.717, 1.165) is 23.4 Å². The van der Waals surface area contributed by atoms with Crippen LogP contribution < -0.4 is 5.32 Å². The molecule has 4 nitrogen and oxygen atoms in total. The minimum Gasteiger partial charge on any atom is -0.452 e. The van der Waals surface area contributed by atoms with Crippen LogP contribution in [-0.4, -0.2) is 24.7 Å². The third kappa shape index (κ3) is 3.79. The number of fused-ring (bicyclic) bond motifs is 1. The Kier molecular flexibility index (Phi) is 5.20. The third-order valence-corrected chi connectivity index (χ3v) is 4.84. The van der Waals surface area contributed by atoms with E-state index in [2.05, 4.69) is 11.4 Å². The van der Waals surface area contributed by atoms with Crippen molar-refractivity contribution in [2.45, 2.75) is 24.2 Å². The molecule has 0 bridgehead atoms. The number of nitrogens with one attached hydrogen (secondary N) is 1. The molecule has 0 unspecified atom stereocenters. The Morgan fingerprint density at radius 2 is 1.92 bits per heavy atom. The molecule has 0 spiro atoms. The van der Waals surface area contributed by atoms with Gasteiger partial charge in [0.05, 0.1) is 5.56 Å². The number of anilines is 1. The fraction of sp³-hybridized carbons (Fsp3) is 0.263. The predicted octanol–water partition coefficient (Wildman–Crippen LogP) is 3.69. The molecule has 1 aliphatic carbocycles. The first-order valence-corrected chi connectivity index (χ1v) is 9.11. The summed E-state index contributed by atoms with van der Waals surface area (Å²) in [5.41, 5.74) is 3.88. The molecule has 0 fully saturated rings. The molecule has 0 heterocycles. The van der Waals surface area contributed by atoms with Crippen LogP contribution in [0.5, 0.6) is 0 Å². The summed E-state index contributed by atoms with van der Waals surface area (Å²) in [4.78, 5) is 25.0. The topological polar surface area (TPSA) is 55.4 Å². The predicted molar refractivity (Wildman–Crippen MR) is 95.6 cm³/mol. The van der Waals surface area contributed by atoms with Crippen molar-refractivity contribution >= 4 is 29.3 Å². The lowest BCUT2D eigenvalue weighted by molar-refractivity contribution is -0.119. The number of thioether (sulfide) groups is 1. The first-order chi connectivity index (χ1) is 11.7. The summed E-state index contributed by atoms with van der Waals surface area (Å²) in [5.74, 6) is -0.813. The molecular weight excluding hydrogens is 322 g/mol. The molecule has 0 aromatic heterocycles. The average Bonchev–Trinajstić information content (AvgIpc) is 3.07. The van der Waals surface area contributed by atoms with E-state index in [1.807, 2.05) is 30.5 Å². The van der Waals surface area contributed by atoms with Gasteiger partial charge in [0.15, 0.2) is 6.61 Å². The van der Waals surface area contributed by atoms with Crippen molar-refractivity contribution in [2.75, 3.05) is 18.2 Å². The van der Waals surface area contributed by atoms with Crippen LogP contribution in [0.3, 0.4) is 0 Å². The van der Waals surface area contributed by atoms with Crippen molar-refractivity contribution in [1.29, 1.82) is 0 Å². The molecule has 1 aliphatic rings. The van der Waals surface area contributed by atoms with Crippen LogP contribution in [0.15, 0.2) is 47.4 Å². The molecular formula is C19H19NO3S. The summed E-state index contributed by atoms with van der Waals surface area (Å²) in [5, 5.41) is 2.79. The van der Waals surface area contributed by atoms with Gasteiger partial charge in [0.1, 0.15) is 0 Å². The standard InChI is InChI=1S/C19H19NO3S/c1-24-17-8-3-2-7-16(17)19(22)23-12-18(21)20-15-10-9-13-5-4-6-14(13)11-15/h2-3,7-11H,4-6,12H2,1H3,(H,20,21). The highest BCUT2D eigenvalue weighted by molar-refractivity contribution is 7.98. The molecule has 3 rings (SSSR count). The van der Waals surface area contributed by atoms with E-state index in [-0.39, 0.29) is 12.5 Å². The summed E-state index contributed by atoms with van der Waals surface area (Å²) < 4.78 is 5.13. The molecule has 0 atom stereocenters. The van der Waals surface area contributed by atoms with E-state index < -0.39 is 5.97 Å². The molecule has 2 aromatic rings. The Bertz CT molecular complexity index is 773. The Balaban J connectivity index is 1.56. The Labute approximate surface area is 145 Å². The molecule has 1 amide bonds. The first-order valence-electron chi connectivity index (χ1n) is 7.89. The number of ether oxygens (including phenoxy) is 1. The maximum atomic E-state index is 12.1. The van der Waals surface area contributed by atoms with E-state index in [0.29, 0.717) is 5.56 Å². The Morgan fingerprint density at radius 1 is 1.12 bits per heavy atom. The molecule has 0 saturated heterocycles. The zero-order valence-electron chi connectivity index (χ0n) is 13.5. The lowest BCUT2D eigenvalue weighted by Gasteiger charge is -2.09. The average molecular weight is 341 g/mol. The van der Waals surface area contributed by atoms with Crippen LogP contribution in [-0.2, 0) is 22.4 Å². The van der Waals surface area contributed by atoms with Crippen LogP contribution in [0.4, 0.5) is 5.69 Å². The highest BCUT2D eigenvalue weighted by Gasteiger charge is 2.15. The largest absolute Gasteiger partial charge is 0.452 e. The number of hydrogen-bond acceptors (Lipinski definition) is 4. The minimum absolute atomic E-state index is 0.293. The van der Waals surface area contributed by atoms with Gasteiger partial charge in [-0.3, -0.25) is 4.79 Å². The smallest absolute Gasteiger partial charge is 0.339 e. The molecule has 2 aromatic carbocycles. The zero-order valence-corrected chi connectivity index (χ0v) is 14.3. The number of carbonyl (C=O) groups is 2. The molecule has 0 saturated carbocycles. The van der Waals surface area contributed by atoms with Crippen molar-refractivity contribution < 1.29 is 14.3 Å². The highest BCUT2D eigenvalue weighted by atomic mass is 32.2. The number of esters is 1. The van der Waals surface area contributed by atoms with Crippen LogP contribution in [0.1, 0.15) is 27.9 Å². The van der Waals surface area contributed by atoms with Gasteiger partial charge in [0, 0.05) is 10.6 Å². The van der Waals surface area contributed by atoms with Crippen molar-refractivity contribution in [3.8, 4) is 0 Å². The highest BCUT2D eigenvalue weighted by Crippen LogP contribution is 2.25. The maximum Gasteiger partial charge on any atom is 0.339 e. The van der Waals surface area contributed by atoms with E-state index >= 15 is 0 Å². The number of aryl methyl sites for hydroxylation is 2. The molecule has 5 heteroatoms. The number of hydrogen-bond donors (Lipinski definition) is 1. The van der Waals surface area contributed by atoms with Gasteiger partial charge in [-0.05, 0) is 60.9 Å². The Hall–Kier alpha value is -2.27. The number of rotatable bonds is 5. The van der Waals surface area contributed by atoms with Crippen LogP contribution in [0.2, 0.25) is 0 Å². The van der Waals surface area contributed by atoms with Crippen LogP contribution in [0, 0.1) is 0 Å². The van der Waals surface area contributed by atoms with Gasteiger partial charge in [-0.15, -0.1) is 11.8 Å². The molecule has 0 aliphatic heterocycles. The quantitative estimate of drug-likeness (QED) is 0.666. The van der Waals surface area contributed by atoms with Gasteiger partial charge < -0.3 is 10.1 Å². The van der Waals surface area contributed by atoms with Gasteiger partial charge in [0.2, 0.25) is 0 Å². The van der Waals surface area contributed by atoms with Gasteiger partial charge in [0.25, 0.3) is 5.91 Å². The lowest BCUT2D eigenvalue weighted by Crippen LogP contribution is -2.21. The van der Waals surface area contributed by atoms with E-state index in [1.165, 1.54) is 29.3 Å². The first kappa shape index (κ1) is 16.6. The van der Waals surface area contributed by atoms with Gasteiger partial charge in [-0.2, -0.15) is 0 Å². The summed E-state index contributed by atoms with van der Waals surface area (Å²) in [7, 11) is 0. The molecule has 24 heavy (non-hydrogen) atoms. The van der Waals surface area contributed by atoms with Crippen molar-refractivity contribution in [1.82, 2.24) is 0 Å². The number of amides is 1. The van der Waals surface area contributed by atoms with Crippen LogP contribution >= 0.6 is 11.8 Å². The summed E-state index contributed by atoms with van der Waals surface area (Å²) >= 11 is 1.47. The van der Waals surface area contributed by atoms with Crippen molar-refractivity contribution in [3.63, 3.8) is 0 Å². The summed E-state index contributed by atoms with van der Waals surface area (Å²) in [6.07, 6.45) is 5.22. The lowest BCUT2D eigenvalue weighted by atomic mass is 10.1. The Morgan fingerprint density at radius 3 is 2.75 bits per heavy atom. The van der Waals surface area contributed by atoms with Gasteiger partial charge >= 0.3 is 5.97 Å². The summed E-state index contributed by atoms with van der Waals surface area (Å²) in [6.45, 7) is -0.293. The monoisotopic (exact) mass is 341 g/mol. The van der Waals surface area contributed by atoms with E-state index in [4.69, 9.17) is 4.74 Å². The van der Waals surface area contributed by atoms with E-state index in [1.54, 1.807) is 12.1 Å². The zero-order chi connectivity index (χ0) is 16.9. The second-order valence-corrected chi connectivity index (χ2v) is 6.51. The SMILES string of the molecule is CSc1ccccc1C(=O)OCC(=O)Nc1ccc2c(c1)CCC2. The van der Waals surface area contributed by atoms with Crippen molar-refractivity contribution in [3.05, 3.63) is 59.2 Å². The number of carbonyl (C=O) groups excluding carboxylic acids is 2. The van der Waals surface area contributed by atoms with Gasteiger partial charge in [-0.1, -0.05) is 18.2 Å². The van der Waals surface area contributed by atoms with Crippen LogP contribution in [0.25, 0.3) is 0 Å². The second kappa shape index (κ2) is 7.53. The number of benzene rings is 2.